The van der Waals surface area contributed by atoms with Gasteiger partial charge in [0, 0.05) is 12.0 Å². The van der Waals surface area contributed by atoms with Crippen LogP contribution in [-0.4, -0.2) is 41.3 Å². The van der Waals surface area contributed by atoms with Gasteiger partial charge in [0.05, 0.1) is 12.6 Å². The van der Waals surface area contributed by atoms with Crippen LogP contribution in [0.1, 0.15) is 69.7 Å². The molecule has 34 heavy (non-hydrogen) atoms. The zero-order valence-electron chi connectivity index (χ0n) is 20.1. The second-order valence-electron chi connectivity index (χ2n) is 9.89. The highest BCUT2D eigenvalue weighted by Crippen LogP contribution is 2.30. The first-order chi connectivity index (χ1) is 15.9. The second kappa shape index (κ2) is 10.1. The summed E-state index contributed by atoms with van der Waals surface area (Å²) in [6, 6.07) is 9.08. The van der Waals surface area contributed by atoms with E-state index >= 15 is 0 Å². The molecular weight excluding hydrogens is 445 g/mol. The molecule has 1 aliphatic heterocycles. The van der Waals surface area contributed by atoms with Crippen LogP contribution in [0.2, 0.25) is 0 Å². The van der Waals surface area contributed by atoms with Crippen LogP contribution >= 0.6 is 0 Å². The Morgan fingerprint density at radius 3 is 2.18 bits per heavy atom. The average Bonchev–Trinajstić information content (AvgIpc) is 3.12. The summed E-state index contributed by atoms with van der Waals surface area (Å²) in [5, 5.41) is 2.77. The van der Waals surface area contributed by atoms with Crippen molar-refractivity contribution in [2.45, 2.75) is 70.8 Å². The van der Waals surface area contributed by atoms with Crippen LogP contribution in [0.3, 0.4) is 0 Å². The highest BCUT2D eigenvalue weighted by molar-refractivity contribution is 5.87. The predicted octanol–water partition coefficient (Wildman–Crippen LogP) is 5.64. The van der Waals surface area contributed by atoms with Crippen molar-refractivity contribution in [3.8, 4) is 0 Å². The number of carbonyl (C=O) groups is 2. The Morgan fingerprint density at radius 2 is 1.65 bits per heavy atom. The molecule has 0 bridgehead atoms. The lowest BCUT2D eigenvalue weighted by Crippen LogP contribution is -2.48. The van der Waals surface area contributed by atoms with Gasteiger partial charge in [0.2, 0.25) is 5.91 Å². The van der Waals surface area contributed by atoms with Crippen molar-refractivity contribution >= 4 is 12.0 Å². The maximum absolute atomic E-state index is 14.8. The molecule has 184 valence electrons. The first-order valence-corrected chi connectivity index (χ1v) is 11.3. The minimum atomic E-state index is -1.39. The molecule has 8 heteroatoms. The second-order valence-corrected chi connectivity index (χ2v) is 9.89. The van der Waals surface area contributed by atoms with E-state index in [4.69, 9.17) is 4.74 Å². The number of hydrogen-bond donors (Lipinski definition) is 1. The minimum Gasteiger partial charge on any atom is -0.444 e. The van der Waals surface area contributed by atoms with E-state index in [1.165, 1.54) is 12.1 Å². The van der Waals surface area contributed by atoms with E-state index in [9.17, 15) is 22.8 Å². The Bertz CT molecular complexity index is 1010. The maximum Gasteiger partial charge on any atom is 0.411 e. The molecule has 2 aromatic rings. The molecule has 0 spiro atoms. The topological polar surface area (TPSA) is 58.6 Å². The van der Waals surface area contributed by atoms with Gasteiger partial charge in [-0.2, -0.15) is 0 Å². The lowest BCUT2D eigenvalue weighted by atomic mass is 9.93. The fourth-order valence-electron chi connectivity index (χ4n) is 4.12. The van der Waals surface area contributed by atoms with Crippen molar-refractivity contribution in [3.63, 3.8) is 0 Å². The first-order valence-electron chi connectivity index (χ1n) is 11.3. The Balaban J connectivity index is 1.93. The largest absolute Gasteiger partial charge is 0.444 e. The van der Waals surface area contributed by atoms with Gasteiger partial charge in [-0.25, -0.2) is 18.0 Å². The number of amides is 2. The van der Waals surface area contributed by atoms with Crippen molar-refractivity contribution in [3.05, 3.63) is 70.8 Å². The van der Waals surface area contributed by atoms with Gasteiger partial charge in [0.15, 0.2) is 0 Å². The van der Waals surface area contributed by atoms with Crippen molar-refractivity contribution in [1.82, 2.24) is 10.2 Å². The van der Waals surface area contributed by atoms with Gasteiger partial charge in [0.1, 0.15) is 29.4 Å². The molecule has 3 unspecified atom stereocenters. The summed E-state index contributed by atoms with van der Waals surface area (Å²) in [5.41, 5.74) is -0.0519. The van der Waals surface area contributed by atoms with Gasteiger partial charge in [-0.05, 0) is 49.9 Å². The Hall–Kier alpha value is -3.03. The number of ether oxygens (including phenoxy) is 1. The molecule has 0 aromatic heterocycles. The molecule has 0 radical (unpaired) electrons. The molecule has 1 N–H and O–H groups in total. The number of halogens is 3. The fraction of sp³-hybridized carbons (Fsp3) is 0.462. The normalized spacial score (nSPS) is 19.3. The maximum atomic E-state index is 14.8. The number of nitrogens with zero attached hydrogens (tertiary/aromatic N) is 1. The molecule has 1 heterocycles. The van der Waals surface area contributed by atoms with E-state index < -0.39 is 47.5 Å². The zero-order valence-corrected chi connectivity index (χ0v) is 20.1. The van der Waals surface area contributed by atoms with Gasteiger partial charge < -0.3 is 10.1 Å². The van der Waals surface area contributed by atoms with Crippen LogP contribution in [0, 0.1) is 11.6 Å². The molecule has 3 rings (SSSR count). The smallest absolute Gasteiger partial charge is 0.411 e. The standard InChI is InChI=1S/C26H31F3N2O3/c1-15(2)22-19(28)11-17(12-20(22)29)23(16-9-7-6-8-10-16)30-24(32)21-13-18(27)14-31(21)25(33)34-26(3,4)5/h6-12,15,18,21,23H,13-14H2,1-5H3,(H,30,32). The van der Waals surface area contributed by atoms with Crippen molar-refractivity contribution in [2.24, 2.45) is 0 Å². The quantitative estimate of drug-likeness (QED) is 0.608. The van der Waals surface area contributed by atoms with Crippen LogP contribution < -0.4 is 5.32 Å². The third-order valence-corrected chi connectivity index (χ3v) is 5.61. The van der Waals surface area contributed by atoms with Crippen LogP contribution in [0.15, 0.2) is 42.5 Å². The lowest BCUT2D eigenvalue weighted by Gasteiger charge is -2.29. The van der Waals surface area contributed by atoms with Crippen LogP contribution in [0.4, 0.5) is 18.0 Å². The average molecular weight is 477 g/mol. The predicted molar refractivity (Wildman–Crippen MR) is 123 cm³/mol. The van der Waals surface area contributed by atoms with Gasteiger partial charge >= 0.3 is 6.09 Å². The molecule has 2 amide bonds. The highest BCUT2D eigenvalue weighted by atomic mass is 19.1. The van der Waals surface area contributed by atoms with Gasteiger partial charge in [-0.3, -0.25) is 9.69 Å². The van der Waals surface area contributed by atoms with Crippen molar-refractivity contribution in [2.75, 3.05) is 6.54 Å². The molecule has 1 fully saturated rings. The van der Waals surface area contributed by atoms with E-state index in [1.54, 1.807) is 65.0 Å². The van der Waals surface area contributed by atoms with E-state index in [0.29, 0.717) is 5.56 Å². The number of hydrogen-bond acceptors (Lipinski definition) is 3. The van der Waals surface area contributed by atoms with Gasteiger partial charge in [-0.1, -0.05) is 44.2 Å². The molecule has 3 atom stereocenters. The summed E-state index contributed by atoms with van der Waals surface area (Å²) >= 11 is 0. The van der Waals surface area contributed by atoms with Crippen molar-refractivity contribution in [1.29, 1.82) is 0 Å². The number of benzene rings is 2. The molecule has 0 aliphatic carbocycles. The van der Waals surface area contributed by atoms with Crippen LogP contribution in [0.25, 0.3) is 0 Å². The first kappa shape index (κ1) is 25.6. The summed E-state index contributed by atoms with van der Waals surface area (Å²) in [6.45, 7) is 8.15. The van der Waals surface area contributed by atoms with E-state index in [0.717, 1.165) is 4.90 Å². The molecule has 5 nitrogen and oxygen atoms in total. The van der Waals surface area contributed by atoms with Gasteiger partial charge in [-0.15, -0.1) is 0 Å². The fourth-order valence-corrected chi connectivity index (χ4v) is 4.12. The third kappa shape index (κ3) is 5.90. The number of alkyl halides is 1. The molecule has 1 saturated heterocycles. The van der Waals surface area contributed by atoms with Gasteiger partial charge in [0.25, 0.3) is 0 Å². The summed E-state index contributed by atoms with van der Waals surface area (Å²) in [7, 11) is 0. The number of carbonyl (C=O) groups excluding carboxylic acids is 2. The number of rotatable bonds is 5. The number of likely N-dealkylation sites (tertiary alicyclic amines) is 1. The molecular formula is C26H31F3N2O3. The summed E-state index contributed by atoms with van der Waals surface area (Å²) in [5.74, 6) is -2.41. The molecule has 0 saturated carbocycles. The van der Waals surface area contributed by atoms with E-state index in [1.807, 2.05) is 0 Å². The van der Waals surface area contributed by atoms with Crippen molar-refractivity contribution < 1.29 is 27.5 Å². The molecule has 2 aromatic carbocycles. The highest BCUT2D eigenvalue weighted by Gasteiger charge is 2.42. The minimum absolute atomic E-state index is 0.0333. The Kier molecular flexibility index (Phi) is 7.58. The lowest BCUT2D eigenvalue weighted by molar-refractivity contribution is -0.126. The zero-order chi connectivity index (χ0) is 25.2. The SMILES string of the molecule is CC(C)c1c(F)cc(C(NC(=O)C2CC(F)CN2C(=O)OC(C)(C)C)c2ccccc2)cc1F. The third-order valence-electron chi connectivity index (χ3n) is 5.61. The van der Waals surface area contributed by atoms with E-state index in [2.05, 4.69) is 5.32 Å². The van der Waals surface area contributed by atoms with Crippen LogP contribution in [-0.2, 0) is 9.53 Å². The molecule has 1 aliphatic rings. The summed E-state index contributed by atoms with van der Waals surface area (Å²) in [6.07, 6.45) is -2.37. The monoisotopic (exact) mass is 476 g/mol. The summed E-state index contributed by atoms with van der Waals surface area (Å²) < 4.78 is 49.2. The van der Waals surface area contributed by atoms with E-state index in [-0.39, 0.29) is 30.0 Å². The number of nitrogens with one attached hydrogen (secondary N) is 1. The Morgan fingerprint density at radius 1 is 1.06 bits per heavy atom. The summed E-state index contributed by atoms with van der Waals surface area (Å²) in [4.78, 5) is 26.9. The van der Waals surface area contributed by atoms with Crippen LogP contribution in [0.5, 0.6) is 0 Å². The Labute approximate surface area is 198 Å².